The first-order chi connectivity index (χ1) is 18.2. The number of carbonyl (C=O) groups excluding carboxylic acids is 1. The van der Waals surface area contributed by atoms with Gasteiger partial charge in [0, 0.05) is 43.1 Å². The summed E-state index contributed by atoms with van der Waals surface area (Å²) < 4.78 is 6.62. The summed E-state index contributed by atoms with van der Waals surface area (Å²) in [6.45, 7) is 4.78. The lowest BCUT2D eigenvalue weighted by atomic mass is 9.55. The first kappa shape index (κ1) is 25.2. The Morgan fingerprint density at radius 3 is 2.50 bits per heavy atom. The van der Waals surface area contributed by atoms with Gasteiger partial charge >= 0.3 is 0 Å². The smallest absolute Gasteiger partial charge is 0.156 e. The van der Waals surface area contributed by atoms with Gasteiger partial charge in [-0.25, -0.2) is 0 Å². The van der Waals surface area contributed by atoms with Gasteiger partial charge in [0.15, 0.2) is 5.78 Å². The summed E-state index contributed by atoms with van der Waals surface area (Å²) in [5.74, 6) is 7.14. The molecule has 0 radical (unpaired) electrons. The van der Waals surface area contributed by atoms with Crippen LogP contribution < -0.4 is 4.90 Å². The molecule has 4 nitrogen and oxygen atoms in total. The maximum absolute atomic E-state index is 12.2. The number of ketones is 1. The Morgan fingerprint density at radius 2 is 1.79 bits per heavy atom. The highest BCUT2D eigenvalue weighted by Crippen LogP contribution is 2.64. The van der Waals surface area contributed by atoms with Gasteiger partial charge < -0.3 is 14.7 Å². The van der Waals surface area contributed by atoms with Crippen molar-refractivity contribution in [2.24, 2.45) is 11.3 Å². The molecule has 2 aromatic rings. The van der Waals surface area contributed by atoms with Crippen LogP contribution in [0.15, 0.2) is 71.3 Å². The molecule has 0 unspecified atom stereocenters. The molecule has 196 valence electrons. The van der Waals surface area contributed by atoms with Crippen LogP contribution in [-0.4, -0.2) is 43.3 Å². The Kier molecular flexibility index (Phi) is 6.13. The number of aliphatic hydroxyl groups is 1. The lowest BCUT2D eigenvalue weighted by molar-refractivity contribution is -0.115. The summed E-state index contributed by atoms with van der Waals surface area (Å²) in [4.78, 5) is 14.4. The van der Waals surface area contributed by atoms with Crippen LogP contribution in [0.1, 0.15) is 61.6 Å². The van der Waals surface area contributed by atoms with Crippen molar-refractivity contribution in [2.75, 3.05) is 25.6 Å². The van der Waals surface area contributed by atoms with Gasteiger partial charge in [0.2, 0.25) is 0 Å². The van der Waals surface area contributed by atoms with Crippen molar-refractivity contribution in [1.82, 2.24) is 0 Å². The van der Waals surface area contributed by atoms with E-state index in [1.54, 1.807) is 6.08 Å². The number of benzene rings is 2. The normalized spacial score (nSPS) is 32.0. The molecular formula is C34H37NO3. The monoisotopic (exact) mass is 507 g/mol. The third-order valence-corrected chi connectivity index (χ3v) is 9.64. The van der Waals surface area contributed by atoms with E-state index in [2.05, 4.69) is 81.1 Å². The van der Waals surface area contributed by atoms with Crippen LogP contribution in [0.5, 0.6) is 0 Å². The van der Waals surface area contributed by atoms with Gasteiger partial charge in [-0.2, -0.15) is 0 Å². The Bertz CT molecular complexity index is 1390. The minimum absolute atomic E-state index is 0.0668. The number of allylic oxidation sites excluding steroid dienone is 1. The molecule has 0 spiro atoms. The zero-order valence-electron chi connectivity index (χ0n) is 22.9. The van der Waals surface area contributed by atoms with Gasteiger partial charge in [-0.1, -0.05) is 48.6 Å². The van der Waals surface area contributed by atoms with Gasteiger partial charge in [0.25, 0.3) is 0 Å². The number of rotatable bonds is 2. The zero-order chi connectivity index (χ0) is 26.7. The van der Waals surface area contributed by atoms with Crippen LogP contribution in [0, 0.1) is 30.1 Å². The SMILES string of the molecule is Cc1ccc(C#C[C@]2(O)CC[C@H]3[C@@H]4OCC5=CC(=O)CCC5=C4[C@@H](c4ccc(N(C)C)cc4)C[C@@]32C)cc1. The van der Waals surface area contributed by atoms with Crippen LogP contribution in [0.25, 0.3) is 0 Å². The molecule has 2 fully saturated rings. The van der Waals surface area contributed by atoms with Crippen LogP contribution in [0.4, 0.5) is 5.69 Å². The second-order valence-corrected chi connectivity index (χ2v) is 12.1. The van der Waals surface area contributed by atoms with Crippen LogP contribution in [0.2, 0.25) is 0 Å². The van der Waals surface area contributed by atoms with Crippen molar-refractivity contribution in [3.8, 4) is 11.8 Å². The fourth-order valence-corrected chi connectivity index (χ4v) is 7.34. The third-order valence-electron chi connectivity index (χ3n) is 9.64. The Labute approximate surface area is 226 Å². The number of anilines is 1. The van der Waals surface area contributed by atoms with E-state index < -0.39 is 11.0 Å². The molecule has 38 heavy (non-hydrogen) atoms. The van der Waals surface area contributed by atoms with E-state index in [1.165, 1.54) is 22.3 Å². The van der Waals surface area contributed by atoms with Gasteiger partial charge in [-0.3, -0.25) is 4.79 Å². The number of carbonyl (C=O) groups is 1. The highest BCUT2D eigenvalue weighted by atomic mass is 16.5. The first-order valence-corrected chi connectivity index (χ1v) is 13.9. The molecule has 6 rings (SSSR count). The molecule has 1 aliphatic heterocycles. The van der Waals surface area contributed by atoms with Crippen molar-refractivity contribution in [3.63, 3.8) is 0 Å². The predicted molar refractivity (Wildman–Crippen MR) is 151 cm³/mol. The average Bonchev–Trinajstić information content (AvgIpc) is 3.18. The fraction of sp³-hybridized carbons (Fsp3) is 0.441. The molecule has 2 aromatic carbocycles. The van der Waals surface area contributed by atoms with Gasteiger partial charge in [0.05, 0.1) is 12.7 Å². The van der Waals surface area contributed by atoms with Gasteiger partial charge in [-0.05, 0) is 91.1 Å². The second-order valence-electron chi connectivity index (χ2n) is 12.1. The Balaban J connectivity index is 1.45. The molecule has 2 saturated carbocycles. The quantitative estimate of drug-likeness (QED) is 0.528. The fourth-order valence-electron chi connectivity index (χ4n) is 7.34. The minimum Gasteiger partial charge on any atom is -0.378 e. The Hall–Kier alpha value is -3.13. The summed E-state index contributed by atoms with van der Waals surface area (Å²) >= 11 is 0. The summed E-state index contributed by atoms with van der Waals surface area (Å²) in [5.41, 5.74) is 6.73. The van der Waals surface area contributed by atoms with Crippen molar-refractivity contribution in [1.29, 1.82) is 0 Å². The lowest BCUT2D eigenvalue weighted by Crippen LogP contribution is -2.53. The van der Waals surface area contributed by atoms with Gasteiger partial charge in [0.1, 0.15) is 5.60 Å². The van der Waals surface area contributed by atoms with Crippen molar-refractivity contribution in [3.05, 3.63) is 88.0 Å². The highest BCUT2D eigenvalue weighted by Gasteiger charge is 2.63. The average molecular weight is 508 g/mol. The maximum atomic E-state index is 12.2. The van der Waals surface area contributed by atoms with Crippen LogP contribution >= 0.6 is 0 Å². The standard InChI is InChI=1S/C34H37NO3/c1-22-5-7-23(8-6-22)15-17-34(37)18-16-30-32-31(28-14-13-27(36)19-25(28)21-38-32)29(20-33(30,34)2)24-9-11-26(12-10-24)35(3)4/h5-12,19,29-30,32,37H,13-14,16,18,20-21H2,1-4H3/t29-,30+,32+,33+,34+/m1/s1. The molecule has 1 N–H and O–H groups in total. The van der Waals surface area contributed by atoms with E-state index in [4.69, 9.17) is 4.74 Å². The zero-order valence-corrected chi connectivity index (χ0v) is 22.9. The molecule has 0 bridgehead atoms. The van der Waals surface area contributed by atoms with E-state index in [1.807, 2.05) is 12.1 Å². The Morgan fingerprint density at radius 1 is 1.05 bits per heavy atom. The van der Waals surface area contributed by atoms with Gasteiger partial charge in [-0.15, -0.1) is 0 Å². The van der Waals surface area contributed by atoms with Crippen molar-refractivity contribution >= 4 is 11.5 Å². The summed E-state index contributed by atoms with van der Waals surface area (Å²) in [6, 6.07) is 17.0. The molecular weight excluding hydrogens is 470 g/mol. The number of nitrogens with zero attached hydrogens (tertiary/aromatic N) is 1. The van der Waals surface area contributed by atoms with Crippen molar-refractivity contribution in [2.45, 2.75) is 63.6 Å². The predicted octanol–water partition coefficient (Wildman–Crippen LogP) is 5.73. The van der Waals surface area contributed by atoms with Crippen LogP contribution in [-0.2, 0) is 9.53 Å². The lowest BCUT2D eigenvalue weighted by Gasteiger charge is -2.53. The number of fused-ring (bicyclic) bond motifs is 4. The van der Waals surface area contributed by atoms with E-state index in [0.29, 0.717) is 19.4 Å². The summed E-state index contributed by atoms with van der Waals surface area (Å²) in [6.07, 6.45) is 5.41. The highest BCUT2D eigenvalue weighted by molar-refractivity contribution is 5.93. The maximum Gasteiger partial charge on any atom is 0.156 e. The molecule has 4 aliphatic rings. The number of ether oxygens (including phenoxy) is 1. The minimum atomic E-state index is -1.09. The van der Waals surface area contributed by atoms with E-state index in [-0.39, 0.29) is 23.7 Å². The van der Waals surface area contributed by atoms with E-state index >= 15 is 0 Å². The van der Waals surface area contributed by atoms with Crippen LogP contribution in [0.3, 0.4) is 0 Å². The molecule has 0 saturated heterocycles. The van der Waals surface area contributed by atoms with E-state index in [0.717, 1.165) is 36.1 Å². The molecule has 3 aliphatic carbocycles. The first-order valence-electron chi connectivity index (χ1n) is 13.9. The summed E-state index contributed by atoms with van der Waals surface area (Å²) in [5, 5.41) is 12.2. The summed E-state index contributed by atoms with van der Waals surface area (Å²) in [7, 11) is 4.11. The molecule has 0 aromatic heterocycles. The molecule has 1 heterocycles. The largest absolute Gasteiger partial charge is 0.378 e. The molecule has 4 heteroatoms. The van der Waals surface area contributed by atoms with E-state index in [9.17, 15) is 9.90 Å². The third kappa shape index (κ3) is 4.04. The number of aryl methyl sites for hydroxylation is 1. The number of hydrogen-bond acceptors (Lipinski definition) is 4. The van der Waals surface area contributed by atoms with Crippen molar-refractivity contribution < 1.29 is 14.6 Å². The molecule has 0 amide bonds. The second kappa shape index (κ2) is 9.26. The topological polar surface area (TPSA) is 49.8 Å². The molecule has 5 atom stereocenters. The number of hydrogen-bond donors (Lipinski definition) is 1.